The molecule has 9 heteroatoms. The maximum absolute atomic E-state index is 12.3. The van der Waals surface area contributed by atoms with E-state index in [1.165, 1.54) is 6.92 Å². The van der Waals surface area contributed by atoms with E-state index in [2.05, 4.69) is 5.32 Å². The van der Waals surface area contributed by atoms with Crippen LogP contribution in [0.2, 0.25) is 5.02 Å². The van der Waals surface area contributed by atoms with Crippen LogP contribution < -0.4 is 15.8 Å². The number of aliphatic hydroxyl groups is 1. The number of carbonyl (C=O) groups excluding carboxylic acids is 2. The summed E-state index contributed by atoms with van der Waals surface area (Å²) in [5.41, 5.74) is 9.37. The second kappa shape index (κ2) is 12.9. The summed E-state index contributed by atoms with van der Waals surface area (Å²) in [7, 11) is 0. The highest BCUT2D eigenvalue weighted by molar-refractivity contribution is 6.33. The zero-order chi connectivity index (χ0) is 28.0. The zero-order valence-corrected chi connectivity index (χ0v) is 23.4. The fraction of sp³-hybridized carbons (Fsp3) is 0.414. The van der Waals surface area contributed by atoms with E-state index in [4.69, 9.17) is 27.1 Å². The number of hydrogen-bond donors (Lipinski definition) is 3. The minimum absolute atomic E-state index is 0.0732. The molecular formula is C29H37ClN4O4. The van der Waals surface area contributed by atoms with Crippen LogP contribution in [-0.4, -0.2) is 39.2 Å². The standard InChI is InChI=1S/C29H37ClN4O4/c1-6-34-16-24(33-29(34)18(4)32-19(5)36)21-9-7-20(8-10-21)15-22(13-14-35)26-23(28(31)37)11-12-25(27(26)30)38-17(2)3/h7-12,16-18,22,35H,6,13-15H2,1-5H3,(H2,31,37)(H,32,36)/t18?,22-/m1/s1. The van der Waals surface area contributed by atoms with Crippen LogP contribution in [0, 0.1) is 0 Å². The molecule has 1 heterocycles. The molecule has 3 aromatic rings. The lowest BCUT2D eigenvalue weighted by atomic mass is 9.86. The highest BCUT2D eigenvalue weighted by Crippen LogP contribution is 2.39. The van der Waals surface area contributed by atoms with Gasteiger partial charge >= 0.3 is 0 Å². The first kappa shape index (κ1) is 29.2. The molecule has 0 radical (unpaired) electrons. The van der Waals surface area contributed by atoms with E-state index in [0.29, 0.717) is 34.7 Å². The number of primary amides is 1. The Morgan fingerprint density at radius 3 is 2.39 bits per heavy atom. The number of halogens is 1. The van der Waals surface area contributed by atoms with Crippen molar-refractivity contribution in [3.63, 3.8) is 0 Å². The maximum Gasteiger partial charge on any atom is 0.249 e. The summed E-state index contributed by atoms with van der Waals surface area (Å²) >= 11 is 6.74. The van der Waals surface area contributed by atoms with Crippen LogP contribution in [-0.2, 0) is 17.8 Å². The molecule has 2 aromatic carbocycles. The van der Waals surface area contributed by atoms with Gasteiger partial charge in [-0.05, 0) is 69.7 Å². The van der Waals surface area contributed by atoms with E-state index in [1.54, 1.807) is 12.1 Å². The number of imidazole rings is 1. The summed E-state index contributed by atoms with van der Waals surface area (Å²) in [6.07, 6.45) is 2.83. The van der Waals surface area contributed by atoms with Gasteiger partial charge in [0.1, 0.15) is 11.6 Å². The largest absolute Gasteiger partial charge is 0.489 e. The van der Waals surface area contributed by atoms with E-state index in [0.717, 1.165) is 29.2 Å². The fourth-order valence-electron chi connectivity index (χ4n) is 4.67. The molecule has 0 aliphatic rings. The third kappa shape index (κ3) is 6.94. The molecule has 0 aliphatic carbocycles. The lowest BCUT2D eigenvalue weighted by molar-refractivity contribution is -0.119. The number of nitrogens with one attached hydrogen (secondary N) is 1. The Kier molecular flexibility index (Phi) is 9.94. The van der Waals surface area contributed by atoms with Crippen LogP contribution in [0.25, 0.3) is 11.3 Å². The predicted octanol–water partition coefficient (Wildman–Crippen LogP) is 5.02. The summed E-state index contributed by atoms with van der Waals surface area (Å²) in [6.45, 7) is 9.90. The molecule has 1 unspecified atom stereocenters. The number of hydrogen-bond acceptors (Lipinski definition) is 5. The first-order valence-corrected chi connectivity index (χ1v) is 13.3. The normalized spacial score (nSPS) is 12.8. The number of carbonyl (C=O) groups is 2. The van der Waals surface area contributed by atoms with Gasteiger partial charge in [-0.25, -0.2) is 4.98 Å². The van der Waals surface area contributed by atoms with E-state index >= 15 is 0 Å². The number of ether oxygens (including phenoxy) is 1. The number of amides is 2. The molecule has 38 heavy (non-hydrogen) atoms. The number of nitrogens with two attached hydrogens (primary N) is 1. The Bertz CT molecular complexity index is 1270. The smallest absolute Gasteiger partial charge is 0.249 e. The highest BCUT2D eigenvalue weighted by atomic mass is 35.5. The minimum Gasteiger partial charge on any atom is -0.489 e. The Balaban J connectivity index is 1.92. The summed E-state index contributed by atoms with van der Waals surface area (Å²) in [5, 5.41) is 13.1. The van der Waals surface area contributed by atoms with Gasteiger partial charge in [0.2, 0.25) is 11.8 Å². The van der Waals surface area contributed by atoms with Gasteiger partial charge in [-0.15, -0.1) is 0 Å². The first-order valence-electron chi connectivity index (χ1n) is 12.9. The van der Waals surface area contributed by atoms with Crippen molar-refractivity contribution in [2.45, 2.75) is 72.1 Å². The van der Waals surface area contributed by atoms with Crippen molar-refractivity contribution in [2.75, 3.05) is 6.61 Å². The average Bonchev–Trinajstić information content (AvgIpc) is 3.29. The zero-order valence-electron chi connectivity index (χ0n) is 22.6. The number of aliphatic hydroxyl groups excluding tert-OH is 1. The topological polar surface area (TPSA) is 119 Å². The number of rotatable bonds is 12. The molecule has 0 saturated carbocycles. The number of aryl methyl sites for hydroxylation is 1. The van der Waals surface area contributed by atoms with Gasteiger partial charge in [-0.2, -0.15) is 0 Å². The average molecular weight is 541 g/mol. The molecule has 2 atom stereocenters. The summed E-state index contributed by atoms with van der Waals surface area (Å²) in [5.74, 6) is 0.345. The molecule has 0 fully saturated rings. The van der Waals surface area contributed by atoms with Crippen molar-refractivity contribution in [3.05, 3.63) is 70.1 Å². The van der Waals surface area contributed by atoms with Crippen molar-refractivity contribution in [3.8, 4) is 17.0 Å². The predicted molar refractivity (Wildman–Crippen MR) is 149 cm³/mol. The molecule has 0 bridgehead atoms. The van der Waals surface area contributed by atoms with E-state index in [1.807, 2.05) is 62.7 Å². The minimum atomic E-state index is -0.577. The number of nitrogens with zero attached hydrogens (tertiary/aromatic N) is 2. The molecule has 0 aliphatic heterocycles. The quantitative estimate of drug-likeness (QED) is 0.298. The van der Waals surface area contributed by atoms with E-state index < -0.39 is 5.91 Å². The molecule has 0 spiro atoms. The SMILES string of the molecule is CCn1cc(-c2ccc(C[C@@H](CCO)c3c(C(N)=O)ccc(OC(C)C)c3Cl)cc2)nc1C(C)NC(C)=O. The molecule has 3 rings (SSSR count). The molecule has 0 saturated heterocycles. The van der Waals surface area contributed by atoms with Crippen LogP contribution in [0.4, 0.5) is 0 Å². The van der Waals surface area contributed by atoms with Gasteiger partial charge in [0.05, 0.1) is 22.9 Å². The number of benzene rings is 2. The Hall–Kier alpha value is -3.36. The van der Waals surface area contributed by atoms with Crippen LogP contribution in [0.3, 0.4) is 0 Å². The highest BCUT2D eigenvalue weighted by Gasteiger charge is 2.25. The maximum atomic E-state index is 12.3. The number of aromatic nitrogens is 2. The Labute approximate surface area is 229 Å². The summed E-state index contributed by atoms with van der Waals surface area (Å²) in [6, 6.07) is 11.1. The fourth-order valence-corrected chi connectivity index (χ4v) is 5.03. The van der Waals surface area contributed by atoms with Gasteiger partial charge in [-0.1, -0.05) is 35.9 Å². The van der Waals surface area contributed by atoms with Crippen molar-refractivity contribution >= 4 is 23.4 Å². The molecule has 8 nitrogen and oxygen atoms in total. The van der Waals surface area contributed by atoms with E-state index in [-0.39, 0.29) is 30.6 Å². The van der Waals surface area contributed by atoms with Crippen molar-refractivity contribution in [2.24, 2.45) is 5.73 Å². The van der Waals surface area contributed by atoms with Crippen molar-refractivity contribution < 1.29 is 19.4 Å². The van der Waals surface area contributed by atoms with Crippen molar-refractivity contribution in [1.29, 1.82) is 0 Å². The van der Waals surface area contributed by atoms with Gasteiger partial charge in [0.25, 0.3) is 0 Å². The third-order valence-corrected chi connectivity index (χ3v) is 6.74. The third-order valence-electron chi connectivity index (χ3n) is 6.35. The molecule has 1 aromatic heterocycles. The lowest BCUT2D eigenvalue weighted by Crippen LogP contribution is -2.26. The van der Waals surface area contributed by atoms with Crippen molar-refractivity contribution in [1.82, 2.24) is 14.9 Å². The van der Waals surface area contributed by atoms with E-state index in [9.17, 15) is 14.7 Å². The molecular weight excluding hydrogens is 504 g/mol. The summed E-state index contributed by atoms with van der Waals surface area (Å²) in [4.78, 5) is 28.6. The Morgan fingerprint density at radius 1 is 1.16 bits per heavy atom. The second-order valence-electron chi connectivity index (χ2n) is 9.67. The lowest BCUT2D eigenvalue weighted by Gasteiger charge is -2.23. The monoisotopic (exact) mass is 540 g/mol. The Morgan fingerprint density at radius 2 is 1.84 bits per heavy atom. The van der Waals surface area contributed by atoms with Crippen LogP contribution in [0.15, 0.2) is 42.6 Å². The van der Waals surface area contributed by atoms with Gasteiger partial charge < -0.3 is 25.5 Å². The van der Waals surface area contributed by atoms with Crippen LogP contribution in [0.1, 0.15) is 80.3 Å². The molecule has 204 valence electrons. The second-order valence-corrected chi connectivity index (χ2v) is 10.1. The van der Waals surface area contributed by atoms with Gasteiger partial charge in [0.15, 0.2) is 0 Å². The molecule has 4 N–H and O–H groups in total. The van der Waals surface area contributed by atoms with Crippen LogP contribution in [0.5, 0.6) is 5.75 Å². The summed E-state index contributed by atoms with van der Waals surface area (Å²) < 4.78 is 7.87. The molecule has 2 amide bonds. The van der Waals surface area contributed by atoms with Gasteiger partial charge in [-0.3, -0.25) is 9.59 Å². The van der Waals surface area contributed by atoms with Crippen LogP contribution >= 0.6 is 11.6 Å². The van der Waals surface area contributed by atoms with Gasteiger partial charge in [0, 0.05) is 37.4 Å². The first-order chi connectivity index (χ1) is 18.0.